The van der Waals surface area contributed by atoms with E-state index >= 15 is 0 Å². The van der Waals surface area contributed by atoms with Crippen molar-refractivity contribution in [2.24, 2.45) is 23.2 Å². The molecule has 1 N–H and O–H groups in total. The number of carbonyl (C=O) groups is 1. The third-order valence-electron chi connectivity index (χ3n) is 6.77. The lowest BCUT2D eigenvalue weighted by atomic mass is 9.49. The van der Waals surface area contributed by atoms with Crippen LogP contribution in [0, 0.1) is 29.7 Å². The normalized spacial score (nSPS) is 28.3. The first-order valence-corrected chi connectivity index (χ1v) is 12.1. The Morgan fingerprint density at radius 2 is 1.57 bits per heavy atom. The van der Waals surface area contributed by atoms with E-state index in [0.29, 0.717) is 5.69 Å². The summed E-state index contributed by atoms with van der Waals surface area (Å²) < 4.78 is 101. The van der Waals surface area contributed by atoms with Crippen LogP contribution in [0.15, 0.2) is 24.5 Å². The molecule has 1 aromatic heterocycles. The molecule has 194 valence electrons. The van der Waals surface area contributed by atoms with Gasteiger partial charge < -0.3 is 4.74 Å². The van der Waals surface area contributed by atoms with Crippen molar-refractivity contribution in [3.05, 3.63) is 35.9 Å². The van der Waals surface area contributed by atoms with Gasteiger partial charge in [0.2, 0.25) is 12.4 Å². The smallest absolute Gasteiger partial charge is 0.432 e. The average molecular weight is 527 g/mol. The number of alkyl halides is 5. The topological polar surface area (TPSA) is 98.1 Å². The Hall–Kier alpha value is -2.53. The van der Waals surface area contributed by atoms with Gasteiger partial charge in [0.15, 0.2) is 5.69 Å². The van der Waals surface area contributed by atoms with Gasteiger partial charge >= 0.3 is 27.5 Å². The van der Waals surface area contributed by atoms with Crippen LogP contribution in [0.2, 0.25) is 0 Å². The monoisotopic (exact) mass is 527 g/mol. The molecule has 1 unspecified atom stereocenters. The van der Waals surface area contributed by atoms with Gasteiger partial charge in [-0.25, -0.2) is 4.85 Å². The van der Waals surface area contributed by atoms with Gasteiger partial charge in [0.05, 0.1) is 12.0 Å². The van der Waals surface area contributed by atoms with Crippen LogP contribution in [0.25, 0.3) is 4.85 Å². The molecule has 8 nitrogen and oxygen atoms in total. The van der Waals surface area contributed by atoms with Gasteiger partial charge in [0.25, 0.3) is 6.10 Å². The van der Waals surface area contributed by atoms with E-state index in [4.69, 9.17) is 16.0 Å². The zero-order valence-electron chi connectivity index (χ0n) is 18.5. The van der Waals surface area contributed by atoms with Crippen molar-refractivity contribution in [1.82, 2.24) is 0 Å². The molecule has 0 spiro atoms. The Bertz CT molecular complexity index is 1050. The van der Waals surface area contributed by atoms with Crippen LogP contribution in [0.1, 0.15) is 38.5 Å². The van der Waals surface area contributed by atoms with Gasteiger partial charge in [-0.05, 0) is 56.3 Å². The molecule has 0 aliphatic heterocycles. The Balaban J connectivity index is 0.000000287. The molecule has 0 aromatic carbocycles. The highest BCUT2D eigenvalue weighted by molar-refractivity contribution is 7.86. The number of hydrogen-bond acceptors (Lipinski definition) is 5. The summed E-state index contributed by atoms with van der Waals surface area (Å²) in [6.07, 6.45) is -3.35. The fourth-order valence-electron chi connectivity index (χ4n) is 5.66. The van der Waals surface area contributed by atoms with E-state index in [-0.39, 0.29) is 37.0 Å². The minimum absolute atomic E-state index is 0.144. The second-order valence-corrected chi connectivity index (χ2v) is 10.8. The van der Waals surface area contributed by atoms with E-state index in [0.717, 1.165) is 19.3 Å². The summed E-state index contributed by atoms with van der Waals surface area (Å²) in [5, 5.41) is -5.68. The number of nitrogens with zero attached hydrogens (tertiary/aromatic N) is 2. The molecule has 5 rings (SSSR count). The highest BCUT2D eigenvalue weighted by atomic mass is 32.2. The van der Waals surface area contributed by atoms with Crippen LogP contribution in [-0.2, 0) is 19.6 Å². The molecule has 4 fully saturated rings. The first-order chi connectivity index (χ1) is 16.1. The van der Waals surface area contributed by atoms with E-state index < -0.39 is 39.0 Å². The third kappa shape index (κ3) is 5.66. The summed E-state index contributed by atoms with van der Waals surface area (Å²) in [5.41, 5.74) is -0.651. The minimum atomic E-state index is -6.42. The summed E-state index contributed by atoms with van der Waals surface area (Å²) in [4.78, 5) is 20.4. The van der Waals surface area contributed by atoms with Crippen molar-refractivity contribution < 1.29 is 54.0 Å². The van der Waals surface area contributed by atoms with E-state index in [2.05, 4.69) is 9.58 Å². The molecule has 0 radical (unpaired) electrons. The highest BCUT2D eigenvalue weighted by Gasteiger charge is 2.67. The molecule has 1 aromatic rings. The standard InChI is InChI=1S/C14H17F5O5S.C7H7N2O/c15-13(16,17)10(14(18,19)25(21,22)23)24-11(20)12-4-7-1-8(5-12)3-9(2-7)6-12;1-8-7-3-5-9(10-2)6-4-7/h7-10H,1-6H2,(H,21,22,23);3-6H,2H3/q;+1. The van der Waals surface area contributed by atoms with Crippen molar-refractivity contribution in [1.29, 1.82) is 0 Å². The number of pyridine rings is 1. The van der Waals surface area contributed by atoms with Gasteiger partial charge in [-0.15, -0.1) is 0 Å². The van der Waals surface area contributed by atoms with Crippen molar-refractivity contribution >= 4 is 21.8 Å². The van der Waals surface area contributed by atoms with Crippen molar-refractivity contribution in [2.75, 3.05) is 7.11 Å². The number of halogens is 5. The second kappa shape index (κ2) is 9.50. The maximum atomic E-state index is 13.6. The number of rotatable bonds is 5. The lowest BCUT2D eigenvalue weighted by molar-refractivity contribution is -0.885. The maximum Gasteiger partial charge on any atom is 0.432 e. The fourth-order valence-corrected chi connectivity index (χ4v) is 6.11. The summed E-state index contributed by atoms with van der Waals surface area (Å²) in [6.45, 7) is 6.65. The van der Waals surface area contributed by atoms with E-state index in [1.807, 2.05) is 0 Å². The second-order valence-electron chi connectivity index (χ2n) is 9.27. The quantitative estimate of drug-likeness (QED) is 0.206. The number of aromatic nitrogens is 1. The van der Waals surface area contributed by atoms with Crippen LogP contribution in [0.4, 0.5) is 27.6 Å². The SMILES string of the molecule is O=C(OC(C(F)(F)F)C(F)(F)S(=O)(=O)O)C12CC3CC(CC(C3)C1)C2.[C-]#[N+]c1cc[n+](OC)cc1. The Morgan fingerprint density at radius 1 is 1.11 bits per heavy atom. The van der Waals surface area contributed by atoms with Gasteiger partial charge in [-0.3, -0.25) is 14.2 Å². The molecule has 0 saturated heterocycles. The lowest BCUT2D eigenvalue weighted by Crippen LogP contribution is -2.56. The number of carbonyl (C=O) groups excluding carboxylic acids is 1. The summed E-state index contributed by atoms with van der Waals surface area (Å²) in [6, 6.07) is 3.38. The van der Waals surface area contributed by atoms with Crippen LogP contribution >= 0.6 is 0 Å². The molecular formula is C21H24F5N2O6S+. The van der Waals surface area contributed by atoms with Crippen LogP contribution in [0.3, 0.4) is 0 Å². The first kappa shape index (κ1) is 27.1. The van der Waals surface area contributed by atoms with Gasteiger partial charge in [0.1, 0.15) is 7.11 Å². The Labute approximate surface area is 198 Å². The molecule has 35 heavy (non-hydrogen) atoms. The van der Waals surface area contributed by atoms with Crippen LogP contribution < -0.4 is 9.57 Å². The van der Waals surface area contributed by atoms with Crippen molar-refractivity contribution in [2.45, 2.75) is 56.1 Å². The lowest BCUT2D eigenvalue weighted by Gasteiger charge is -2.55. The van der Waals surface area contributed by atoms with Gasteiger partial charge in [-0.2, -0.15) is 30.4 Å². The number of hydrogen-bond donors (Lipinski definition) is 1. The Kier molecular flexibility index (Phi) is 7.34. The average Bonchev–Trinajstić information content (AvgIpc) is 2.75. The van der Waals surface area contributed by atoms with Gasteiger partial charge in [-0.1, -0.05) is 0 Å². The molecule has 0 amide bonds. The van der Waals surface area contributed by atoms with Crippen molar-refractivity contribution in [3.63, 3.8) is 0 Å². The van der Waals surface area contributed by atoms with Crippen LogP contribution in [-0.4, -0.2) is 43.6 Å². The summed E-state index contributed by atoms with van der Waals surface area (Å²) >= 11 is 0. The predicted molar refractivity (Wildman–Crippen MR) is 108 cm³/mol. The maximum absolute atomic E-state index is 13.6. The Morgan fingerprint density at radius 3 is 1.91 bits per heavy atom. The molecule has 4 saturated carbocycles. The largest absolute Gasteiger partial charge is 0.444 e. The summed E-state index contributed by atoms with van der Waals surface area (Å²) in [5.74, 6) is -1.02. The fraction of sp³-hybridized carbons (Fsp3) is 0.667. The molecule has 1 heterocycles. The molecule has 14 heteroatoms. The summed E-state index contributed by atoms with van der Waals surface area (Å²) in [7, 11) is -4.85. The van der Waals surface area contributed by atoms with Crippen molar-refractivity contribution in [3.8, 4) is 0 Å². The zero-order chi connectivity index (χ0) is 26.2. The predicted octanol–water partition coefficient (Wildman–Crippen LogP) is 3.74. The highest BCUT2D eigenvalue weighted by Crippen LogP contribution is 2.60. The zero-order valence-corrected chi connectivity index (χ0v) is 19.4. The molecule has 1 atom stereocenters. The van der Waals surface area contributed by atoms with E-state index in [1.54, 1.807) is 31.6 Å². The van der Waals surface area contributed by atoms with E-state index in [1.165, 1.54) is 4.73 Å². The van der Waals surface area contributed by atoms with Crippen LogP contribution in [0.5, 0.6) is 0 Å². The molecule has 4 aliphatic rings. The first-order valence-electron chi connectivity index (χ1n) is 10.7. The molecule has 4 aliphatic carbocycles. The third-order valence-corrected chi connectivity index (χ3v) is 7.67. The number of ether oxygens (including phenoxy) is 1. The van der Waals surface area contributed by atoms with E-state index in [9.17, 15) is 35.2 Å². The molecular weight excluding hydrogens is 503 g/mol. The van der Waals surface area contributed by atoms with Gasteiger partial charge in [0, 0.05) is 16.9 Å². The molecule has 4 bridgehead atoms. The minimum Gasteiger partial charge on any atom is -0.444 e. The number of esters is 1.